The van der Waals surface area contributed by atoms with E-state index in [0.717, 1.165) is 0 Å². The molecule has 2 aromatic rings. The van der Waals surface area contributed by atoms with Crippen molar-refractivity contribution in [3.8, 4) is 17.4 Å². The van der Waals surface area contributed by atoms with Crippen molar-refractivity contribution in [2.75, 3.05) is 7.11 Å². The van der Waals surface area contributed by atoms with Gasteiger partial charge in [0, 0.05) is 17.8 Å². The number of para-hydroxylation sites is 2. The Kier molecular flexibility index (Phi) is 3.57. The first-order chi connectivity index (χ1) is 8.70. The Morgan fingerprint density at radius 3 is 2.56 bits per heavy atom. The third kappa shape index (κ3) is 2.66. The highest BCUT2D eigenvalue weighted by Crippen LogP contribution is 2.30. The molecule has 4 nitrogen and oxygen atoms in total. The highest BCUT2D eigenvalue weighted by atomic mass is 16.5. The average molecular weight is 243 g/mol. The van der Waals surface area contributed by atoms with Gasteiger partial charge < -0.3 is 9.47 Å². The largest absolute Gasteiger partial charge is 0.493 e. The number of rotatable bonds is 4. The summed E-state index contributed by atoms with van der Waals surface area (Å²) in [5.41, 5.74) is 0.565. The lowest BCUT2D eigenvalue weighted by Gasteiger charge is -2.09. The van der Waals surface area contributed by atoms with Gasteiger partial charge in [-0.1, -0.05) is 12.1 Å². The van der Waals surface area contributed by atoms with E-state index in [1.807, 2.05) is 12.1 Å². The van der Waals surface area contributed by atoms with Crippen molar-refractivity contribution < 1.29 is 14.3 Å². The minimum Gasteiger partial charge on any atom is -0.493 e. The van der Waals surface area contributed by atoms with E-state index in [2.05, 4.69) is 4.98 Å². The number of hydrogen-bond acceptors (Lipinski definition) is 4. The lowest BCUT2D eigenvalue weighted by Crippen LogP contribution is -1.96. The number of pyridine rings is 1. The Hall–Kier alpha value is -2.36. The highest BCUT2D eigenvalue weighted by Gasteiger charge is 2.07. The second-order valence-corrected chi connectivity index (χ2v) is 3.69. The Morgan fingerprint density at radius 1 is 1.17 bits per heavy atom. The Bertz CT molecular complexity index is 566. The predicted molar refractivity (Wildman–Crippen MR) is 67.3 cm³/mol. The monoisotopic (exact) mass is 243 g/mol. The predicted octanol–water partition coefficient (Wildman–Crippen LogP) is 3.09. The summed E-state index contributed by atoms with van der Waals surface area (Å²) in [5, 5.41) is 0. The van der Waals surface area contributed by atoms with Gasteiger partial charge in [0.05, 0.1) is 7.11 Å². The molecule has 0 saturated heterocycles. The summed E-state index contributed by atoms with van der Waals surface area (Å²) in [6.45, 7) is 1.50. The van der Waals surface area contributed by atoms with Gasteiger partial charge in [-0.15, -0.1) is 0 Å². The molecule has 2 rings (SSSR count). The number of ether oxygens (including phenoxy) is 2. The molecule has 92 valence electrons. The van der Waals surface area contributed by atoms with Crippen molar-refractivity contribution in [1.82, 2.24) is 4.98 Å². The Labute approximate surface area is 105 Å². The van der Waals surface area contributed by atoms with Gasteiger partial charge in [-0.05, 0) is 25.1 Å². The number of nitrogens with zero attached hydrogens (tertiary/aromatic N) is 1. The number of benzene rings is 1. The standard InChI is InChI=1S/C14H13NO3/c1-10(16)11-7-8-15-14(9-11)18-13-6-4-3-5-12(13)17-2/h3-9H,1-2H3. The summed E-state index contributed by atoms with van der Waals surface area (Å²) in [4.78, 5) is 15.3. The molecule has 0 fully saturated rings. The molecule has 1 aromatic carbocycles. The minimum atomic E-state index is -0.0257. The fourth-order valence-corrected chi connectivity index (χ4v) is 1.50. The van der Waals surface area contributed by atoms with Crippen molar-refractivity contribution in [3.05, 3.63) is 48.2 Å². The first-order valence-corrected chi connectivity index (χ1v) is 5.48. The first-order valence-electron chi connectivity index (χ1n) is 5.48. The van der Waals surface area contributed by atoms with E-state index in [4.69, 9.17) is 9.47 Å². The van der Waals surface area contributed by atoms with Crippen LogP contribution in [0.25, 0.3) is 0 Å². The summed E-state index contributed by atoms with van der Waals surface area (Å²) in [7, 11) is 1.57. The van der Waals surface area contributed by atoms with Crippen LogP contribution in [-0.2, 0) is 0 Å². The van der Waals surface area contributed by atoms with Crippen LogP contribution in [-0.4, -0.2) is 17.9 Å². The van der Waals surface area contributed by atoms with E-state index in [1.54, 1.807) is 37.6 Å². The van der Waals surface area contributed by atoms with Crippen LogP contribution in [0.15, 0.2) is 42.6 Å². The molecular weight excluding hydrogens is 230 g/mol. The molecule has 0 saturated carbocycles. The number of carbonyl (C=O) groups is 1. The summed E-state index contributed by atoms with van der Waals surface area (Å²) in [5.74, 6) is 1.52. The highest BCUT2D eigenvalue weighted by molar-refractivity contribution is 5.94. The molecule has 0 aliphatic heterocycles. The normalized spacial score (nSPS) is 9.89. The Balaban J connectivity index is 2.28. The van der Waals surface area contributed by atoms with E-state index in [1.165, 1.54) is 6.92 Å². The Morgan fingerprint density at radius 2 is 1.89 bits per heavy atom. The molecule has 0 amide bonds. The lowest BCUT2D eigenvalue weighted by atomic mass is 10.2. The number of carbonyl (C=O) groups excluding carboxylic acids is 1. The molecular formula is C14H13NO3. The number of methoxy groups -OCH3 is 1. The van der Waals surface area contributed by atoms with Crippen molar-refractivity contribution in [2.45, 2.75) is 6.92 Å². The van der Waals surface area contributed by atoms with Crippen LogP contribution in [0.4, 0.5) is 0 Å². The van der Waals surface area contributed by atoms with Crippen LogP contribution >= 0.6 is 0 Å². The van der Waals surface area contributed by atoms with E-state index < -0.39 is 0 Å². The smallest absolute Gasteiger partial charge is 0.220 e. The topological polar surface area (TPSA) is 48.4 Å². The van der Waals surface area contributed by atoms with Gasteiger partial charge in [-0.3, -0.25) is 4.79 Å². The molecule has 1 aromatic heterocycles. The molecule has 1 heterocycles. The van der Waals surface area contributed by atoms with Crippen molar-refractivity contribution in [1.29, 1.82) is 0 Å². The first kappa shape index (κ1) is 12.1. The van der Waals surface area contributed by atoms with Gasteiger partial charge in [0.25, 0.3) is 0 Å². The maximum absolute atomic E-state index is 11.3. The summed E-state index contributed by atoms with van der Waals surface area (Å²) in [6, 6.07) is 10.5. The quantitative estimate of drug-likeness (QED) is 0.774. The third-order valence-electron chi connectivity index (χ3n) is 2.42. The third-order valence-corrected chi connectivity index (χ3v) is 2.42. The van der Waals surface area contributed by atoms with Crippen molar-refractivity contribution in [2.24, 2.45) is 0 Å². The zero-order valence-electron chi connectivity index (χ0n) is 10.2. The van der Waals surface area contributed by atoms with Crippen LogP contribution in [0.1, 0.15) is 17.3 Å². The molecule has 0 N–H and O–H groups in total. The van der Waals surface area contributed by atoms with Crippen molar-refractivity contribution >= 4 is 5.78 Å². The van der Waals surface area contributed by atoms with Crippen molar-refractivity contribution in [3.63, 3.8) is 0 Å². The van der Waals surface area contributed by atoms with Gasteiger partial charge in [0.2, 0.25) is 5.88 Å². The fraction of sp³-hybridized carbons (Fsp3) is 0.143. The van der Waals surface area contributed by atoms with Crippen LogP contribution in [0, 0.1) is 0 Å². The number of Topliss-reactive ketones (excluding diaryl/α,β-unsaturated/α-hetero) is 1. The number of aromatic nitrogens is 1. The van der Waals surface area contributed by atoms with Crippen LogP contribution in [0.5, 0.6) is 17.4 Å². The second kappa shape index (κ2) is 5.31. The molecule has 0 spiro atoms. The lowest BCUT2D eigenvalue weighted by molar-refractivity contribution is 0.101. The van der Waals surface area contributed by atoms with Gasteiger partial charge >= 0.3 is 0 Å². The molecule has 0 aliphatic carbocycles. The van der Waals surface area contributed by atoms with Gasteiger partial charge in [0.1, 0.15) is 0 Å². The summed E-state index contributed by atoms with van der Waals surface area (Å²) in [6.07, 6.45) is 1.54. The molecule has 4 heteroatoms. The van der Waals surface area contributed by atoms with Crippen LogP contribution < -0.4 is 9.47 Å². The average Bonchev–Trinajstić information content (AvgIpc) is 2.39. The molecule has 18 heavy (non-hydrogen) atoms. The SMILES string of the molecule is COc1ccccc1Oc1cc(C(C)=O)ccn1. The summed E-state index contributed by atoms with van der Waals surface area (Å²) < 4.78 is 10.8. The van der Waals surface area contributed by atoms with Gasteiger partial charge in [-0.2, -0.15) is 0 Å². The van der Waals surface area contributed by atoms with Crippen LogP contribution in [0.3, 0.4) is 0 Å². The molecule has 0 radical (unpaired) electrons. The fourth-order valence-electron chi connectivity index (χ4n) is 1.50. The zero-order valence-corrected chi connectivity index (χ0v) is 10.2. The van der Waals surface area contributed by atoms with Crippen LogP contribution in [0.2, 0.25) is 0 Å². The maximum Gasteiger partial charge on any atom is 0.220 e. The van der Waals surface area contributed by atoms with Gasteiger partial charge in [-0.25, -0.2) is 4.98 Å². The van der Waals surface area contributed by atoms with E-state index >= 15 is 0 Å². The number of hydrogen-bond donors (Lipinski definition) is 0. The van der Waals surface area contributed by atoms with Gasteiger partial charge in [0.15, 0.2) is 17.3 Å². The second-order valence-electron chi connectivity index (χ2n) is 3.69. The number of ketones is 1. The molecule has 0 aliphatic rings. The molecule has 0 unspecified atom stereocenters. The summed E-state index contributed by atoms with van der Waals surface area (Å²) >= 11 is 0. The minimum absolute atomic E-state index is 0.0257. The zero-order chi connectivity index (χ0) is 13.0. The molecule has 0 bridgehead atoms. The van der Waals surface area contributed by atoms with E-state index in [0.29, 0.717) is 22.9 Å². The maximum atomic E-state index is 11.3. The van der Waals surface area contributed by atoms with E-state index in [-0.39, 0.29) is 5.78 Å². The molecule has 0 atom stereocenters. The van der Waals surface area contributed by atoms with E-state index in [9.17, 15) is 4.79 Å².